The fraction of sp³-hybridized carbons (Fsp3) is 0. The van der Waals surface area contributed by atoms with Crippen molar-refractivity contribution in [1.29, 1.82) is 0 Å². The predicted molar refractivity (Wildman–Crippen MR) is 62.2 cm³/mol. The van der Waals surface area contributed by atoms with Crippen molar-refractivity contribution in [3.63, 3.8) is 0 Å². The number of aromatic nitrogens is 2. The van der Waals surface area contributed by atoms with Gasteiger partial charge in [-0.3, -0.25) is 9.36 Å². The molecule has 0 aliphatic carbocycles. The second-order valence-electron chi connectivity index (χ2n) is 2.93. The van der Waals surface area contributed by atoms with Crippen molar-refractivity contribution in [2.45, 2.75) is 0 Å². The highest BCUT2D eigenvalue weighted by molar-refractivity contribution is 7.71. The molecule has 0 aliphatic heterocycles. The van der Waals surface area contributed by atoms with Crippen LogP contribution < -0.4 is 5.56 Å². The van der Waals surface area contributed by atoms with Crippen LogP contribution in [0.1, 0.15) is 0 Å². The maximum atomic E-state index is 11.6. The van der Waals surface area contributed by atoms with E-state index in [9.17, 15) is 4.79 Å². The fourth-order valence-corrected chi connectivity index (χ4v) is 1.65. The Morgan fingerprint density at radius 2 is 1.87 bits per heavy atom. The van der Waals surface area contributed by atoms with Gasteiger partial charge in [0.2, 0.25) is 0 Å². The van der Waals surface area contributed by atoms with Crippen LogP contribution in [0.2, 0.25) is 5.02 Å². The minimum Gasteiger partial charge on any atom is -0.338 e. The van der Waals surface area contributed by atoms with Gasteiger partial charge in [-0.1, -0.05) is 11.6 Å². The van der Waals surface area contributed by atoms with E-state index < -0.39 is 0 Å². The topological polar surface area (TPSA) is 37.8 Å². The third-order valence-electron chi connectivity index (χ3n) is 1.94. The molecule has 3 nitrogen and oxygen atoms in total. The van der Waals surface area contributed by atoms with Crippen LogP contribution in [0.3, 0.4) is 0 Å². The van der Waals surface area contributed by atoms with Crippen molar-refractivity contribution in [2.75, 3.05) is 0 Å². The number of nitrogens with one attached hydrogen (secondary N) is 1. The first-order valence-corrected chi connectivity index (χ1v) is 5.04. The van der Waals surface area contributed by atoms with Gasteiger partial charge >= 0.3 is 0 Å². The van der Waals surface area contributed by atoms with Gasteiger partial charge in [-0.25, -0.2) is 0 Å². The SMILES string of the molecule is O=c1cc[nH]c(=S)n1-c1ccc(Cl)cc1. The Morgan fingerprint density at radius 1 is 1.20 bits per heavy atom. The average Bonchev–Trinajstić information content (AvgIpc) is 2.20. The maximum Gasteiger partial charge on any atom is 0.258 e. The van der Waals surface area contributed by atoms with Gasteiger partial charge in [0.25, 0.3) is 5.56 Å². The second-order valence-corrected chi connectivity index (χ2v) is 3.76. The van der Waals surface area contributed by atoms with Gasteiger partial charge in [-0.05, 0) is 36.5 Å². The van der Waals surface area contributed by atoms with Gasteiger partial charge in [0, 0.05) is 17.3 Å². The standard InChI is InChI=1S/C10H7ClN2OS/c11-7-1-3-8(4-2-7)13-9(14)5-6-12-10(13)15/h1-6H,(H,12,15). The number of benzene rings is 1. The summed E-state index contributed by atoms with van der Waals surface area (Å²) in [5.74, 6) is 0. The molecule has 0 unspecified atom stereocenters. The Morgan fingerprint density at radius 3 is 2.47 bits per heavy atom. The molecule has 0 aliphatic rings. The summed E-state index contributed by atoms with van der Waals surface area (Å²) >= 11 is 10.8. The summed E-state index contributed by atoms with van der Waals surface area (Å²) in [4.78, 5) is 14.4. The van der Waals surface area contributed by atoms with E-state index in [1.807, 2.05) is 0 Å². The van der Waals surface area contributed by atoms with Gasteiger partial charge in [-0.2, -0.15) is 0 Å². The molecule has 5 heteroatoms. The van der Waals surface area contributed by atoms with Crippen molar-refractivity contribution in [2.24, 2.45) is 0 Å². The quantitative estimate of drug-likeness (QED) is 0.776. The molecule has 1 aromatic carbocycles. The molecule has 0 saturated carbocycles. The third-order valence-corrected chi connectivity index (χ3v) is 2.49. The summed E-state index contributed by atoms with van der Waals surface area (Å²) in [5, 5.41) is 0.623. The lowest BCUT2D eigenvalue weighted by Crippen LogP contribution is -2.18. The molecule has 76 valence electrons. The normalized spacial score (nSPS) is 10.2. The van der Waals surface area contributed by atoms with Crippen LogP contribution in [0.25, 0.3) is 5.69 Å². The Balaban J connectivity index is 2.69. The van der Waals surface area contributed by atoms with Crippen molar-refractivity contribution < 1.29 is 0 Å². The summed E-state index contributed by atoms with van der Waals surface area (Å²) < 4.78 is 1.77. The second kappa shape index (κ2) is 4.00. The monoisotopic (exact) mass is 238 g/mol. The van der Waals surface area contributed by atoms with Crippen LogP contribution in [-0.4, -0.2) is 9.55 Å². The highest BCUT2D eigenvalue weighted by atomic mass is 35.5. The lowest BCUT2D eigenvalue weighted by molar-refractivity contribution is 0.913. The molecule has 1 heterocycles. The zero-order valence-electron chi connectivity index (χ0n) is 7.61. The lowest BCUT2D eigenvalue weighted by Gasteiger charge is -2.04. The van der Waals surface area contributed by atoms with Crippen LogP contribution >= 0.6 is 23.8 Å². The molecule has 2 aromatic rings. The molecule has 1 aromatic heterocycles. The number of halogens is 1. The van der Waals surface area contributed by atoms with Gasteiger partial charge in [0.05, 0.1) is 5.69 Å². The molecule has 0 radical (unpaired) electrons. The molecule has 0 spiro atoms. The van der Waals surface area contributed by atoms with E-state index in [-0.39, 0.29) is 5.56 Å². The smallest absolute Gasteiger partial charge is 0.258 e. The summed E-state index contributed by atoms with van der Waals surface area (Å²) in [6, 6.07) is 8.33. The van der Waals surface area contributed by atoms with Crippen LogP contribution in [0.15, 0.2) is 41.3 Å². The van der Waals surface area contributed by atoms with Crippen molar-refractivity contribution in [3.05, 3.63) is 56.7 Å². The van der Waals surface area contributed by atoms with E-state index in [1.54, 1.807) is 24.3 Å². The summed E-state index contributed by atoms with van der Waals surface area (Å²) in [6.07, 6.45) is 1.52. The van der Waals surface area contributed by atoms with Crippen LogP contribution in [0, 0.1) is 4.77 Å². The Labute approximate surface area is 96.0 Å². The molecule has 0 bridgehead atoms. The zero-order valence-corrected chi connectivity index (χ0v) is 9.18. The van der Waals surface area contributed by atoms with E-state index in [0.717, 1.165) is 0 Å². The van der Waals surface area contributed by atoms with Crippen molar-refractivity contribution in [3.8, 4) is 5.69 Å². The first-order chi connectivity index (χ1) is 7.18. The molecule has 0 atom stereocenters. The van der Waals surface area contributed by atoms with E-state index in [2.05, 4.69) is 4.98 Å². The molecular formula is C10H7ClN2OS. The molecule has 0 saturated heterocycles. The number of nitrogens with zero attached hydrogens (tertiary/aromatic N) is 1. The number of H-pyrrole nitrogens is 1. The molecular weight excluding hydrogens is 232 g/mol. The van der Waals surface area contributed by atoms with E-state index >= 15 is 0 Å². The highest BCUT2D eigenvalue weighted by Gasteiger charge is 2.00. The number of hydrogen-bond acceptors (Lipinski definition) is 2. The first kappa shape index (κ1) is 10.1. The number of hydrogen-bond donors (Lipinski definition) is 1. The Kier molecular flexibility index (Phi) is 2.70. The molecule has 1 N–H and O–H groups in total. The Hall–Kier alpha value is -1.39. The zero-order chi connectivity index (χ0) is 10.8. The highest BCUT2D eigenvalue weighted by Crippen LogP contribution is 2.11. The van der Waals surface area contributed by atoms with Gasteiger partial charge in [-0.15, -0.1) is 0 Å². The first-order valence-electron chi connectivity index (χ1n) is 4.25. The van der Waals surface area contributed by atoms with E-state index in [4.69, 9.17) is 23.8 Å². The minimum absolute atomic E-state index is 0.166. The summed E-state index contributed by atoms with van der Waals surface area (Å²) in [7, 11) is 0. The largest absolute Gasteiger partial charge is 0.338 e. The van der Waals surface area contributed by atoms with Crippen LogP contribution in [0.5, 0.6) is 0 Å². The van der Waals surface area contributed by atoms with E-state index in [1.165, 1.54) is 16.8 Å². The number of rotatable bonds is 1. The third kappa shape index (κ3) is 2.00. The average molecular weight is 239 g/mol. The van der Waals surface area contributed by atoms with Crippen molar-refractivity contribution >= 4 is 23.8 Å². The lowest BCUT2D eigenvalue weighted by atomic mass is 10.3. The Bertz CT molecular complexity index is 557. The van der Waals surface area contributed by atoms with Gasteiger partial charge in [0.15, 0.2) is 4.77 Å². The summed E-state index contributed by atoms with van der Waals surface area (Å²) in [5.41, 5.74) is 0.535. The van der Waals surface area contributed by atoms with Crippen LogP contribution in [0.4, 0.5) is 0 Å². The molecule has 0 fully saturated rings. The van der Waals surface area contributed by atoms with E-state index in [0.29, 0.717) is 15.5 Å². The van der Waals surface area contributed by atoms with Crippen LogP contribution in [-0.2, 0) is 0 Å². The predicted octanol–water partition coefficient (Wildman–Crippen LogP) is 2.55. The van der Waals surface area contributed by atoms with Crippen molar-refractivity contribution in [1.82, 2.24) is 9.55 Å². The summed E-state index contributed by atoms with van der Waals surface area (Å²) in [6.45, 7) is 0. The maximum absolute atomic E-state index is 11.6. The van der Waals surface area contributed by atoms with Gasteiger partial charge < -0.3 is 4.98 Å². The fourth-order valence-electron chi connectivity index (χ4n) is 1.26. The van der Waals surface area contributed by atoms with Gasteiger partial charge in [0.1, 0.15) is 0 Å². The minimum atomic E-state index is -0.166. The number of aromatic amines is 1. The molecule has 15 heavy (non-hydrogen) atoms. The molecule has 0 amide bonds. The molecule has 2 rings (SSSR count).